The van der Waals surface area contributed by atoms with Gasteiger partial charge >= 0.3 is 12.1 Å². The minimum atomic E-state index is -4.91. The molecule has 7 heteroatoms. The van der Waals surface area contributed by atoms with Crippen LogP contribution in [0.1, 0.15) is 21.5 Å². The van der Waals surface area contributed by atoms with E-state index in [1.165, 1.54) is 6.07 Å². The Bertz CT molecular complexity index is 491. The van der Waals surface area contributed by atoms with Crippen LogP contribution in [0.3, 0.4) is 0 Å². The zero-order valence-corrected chi connectivity index (χ0v) is 8.23. The molecule has 0 saturated carbocycles. The maximum absolute atomic E-state index is 12.5. The zero-order chi connectivity index (χ0) is 12.5. The van der Waals surface area contributed by atoms with E-state index in [-0.39, 0.29) is 5.02 Å². The first-order valence-corrected chi connectivity index (χ1v) is 4.19. The van der Waals surface area contributed by atoms with E-state index in [0.717, 1.165) is 6.07 Å². The molecule has 16 heavy (non-hydrogen) atoms. The van der Waals surface area contributed by atoms with Crippen molar-refractivity contribution in [2.45, 2.75) is 6.18 Å². The first-order chi connectivity index (χ1) is 7.27. The average Bonchev–Trinajstić information content (AvgIpc) is 2.14. The number of nitrogens with zero attached hydrogens (tertiary/aromatic N) is 1. The predicted molar refractivity (Wildman–Crippen MR) is 48.1 cm³/mol. The van der Waals surface area contributed by atoms with Crippen LogP contribution in [0.25, 0.3) is 0 Å². The lowest BCUT2D eigenvalue weighted by atomic mass is 10.0. The molecule has 3 nitrogen and oxygen atoms in total. The molecule has 1 aromatic carbocycles. The SMILES string of the molecule is N#Cc1cc(Cl)cc(C(=O)O)c1C(F)(F)F. The Morgan fingerprint density at radius 3 is 2.38 bits per heavy atom. The van der Waals surface area contributed by atoms with Gasteiger partial charge in [-0.25, -0.2) is 4.79 Å². The number of rotatable bonds is 1. The van der Waals surface area contributed by atoms with Crippen LogP contribution in [0.15, 0.2) is 12.1 Å². The van der Waals surface area contributed by atoms with Crippen molar-refractivity contribution in [2.75, 3.05) is 0 Å². The Morgan fingerprint density at radius 1 is 1.44 bits per heavy atom. The molecule has 0 aromatic heterocycles. The van der Waals surface area contributed by atoms with Gasteiger partial charge in [0.05, 0.1) is 22.8 Å². The summed E-state index contributed by atoms with van der Waals surface area (Å²) in [4.78, 5) is 10.6. The summed E-state index contributed by atoms with van der Waals surface area (Å²) in [5, 5.41) is 16.9. The normalized spacial score (nSPS) is 10.9. The summed E-state index contributed by atoms with van der Waals surface area (Å²) in [6.07, 6.45) is -4.91. The molecule has 0 aliphatic rings. The van der Waals surface area contributed by atoms with Gasteiger partial charge in [-0.3, -0.25) is 0 Å². The van der Waals surface area contributed by atoms with Crippen LogP contribution >= 0.6 is 11.6 Å². The molecule has 0 fully saturated rings. The molecule has 0 unspecified atom stereocenters. The summed E-state index contributed by atoms with van der Waals surface area (Å²) in [5.74, 6) is -1.79. The fourth-order valence-electron chi connectivity index (χ4n) is 1.17. The van der Waals surface area contributed by atoms with Gasteiger partial charge in [0.1, 0.15) is 0 Å². The standard InChI is InChI=1S/C9H3ClF3NO2/c10-5-1-4(3-14)7(9(11,12)13)6(2-5)8(15)16/h1-2H,(H,15,16). The first-order valence-electron chi connectivity index (χ1n) is 3.81. The highest BCUT2D eigenvalue weighted by Gasteiger charge is 2.38. The van der Waals surface area contributed by atoms with Crippen molar-refractivity contribution >= 4 is 17.6 Å². The highest BCUT2D eigenvalue weighted by Crippen LogP contribution is 2.36. The van der Waals surface area contributed by atoms with Gasteiger partial charge in [0.25, 0.3) is 0 Å². The van der Waals surface area contributed by atoms with Crippen LogP contribution in [0.4, 0.5) is 13.2 Å². The van der Waals surface area contributed by atoms with Crippen molar-refractivity contribution in [3.8, 4) is 6.07 Å². The third kappa shape index (κ3) is 2.25. The second kappa shape index (κ2) is 4.02. The van der Waals surface area contributed by atoms with Gasteiger partial charge in [0.15, 0.2) is 0 Å². The molecular formula is C9H3ClF3NO2. The molecule has 0 aliphatic carbocycles. The lowest BCUT2D eigenvalue weighted by Gasteiger charge is -2.12. The second-order valence-electron chi connectivity index (χ2n) is 2.79. The van der Waals surface area contributed by atoms with Gasteiger partial charge in [0, 0.05) is 5.02 Å². The first kappa shape index (κ1) is 12.3. The lowest BCUT2D eigenvalue weighted by molar-refractivity contribution is -0.138. The number of hydrogen-bond donors (Lipinski definition) is 1. The number of carboxylic acid groups (broad SMARTS) is 1. The van der Waals surface area contributed by atoms with Crippen molar-refractivity contribution in [1.29, 1.82) is 5.26 Å². The predicted octanol–water partition coefficient (Wildman–Crippen LogP) is 2.93. The molecule has 0 bridgehead atoms. The van der Waals surface area contributed by atoms with E-state index in [1.807, 2.05) is 0 Å². The molecular weight excluding hydrogens is 247 g/mol. The topological polar surface area (TPSA) is 61.1 Å². The molecule has 0 amide bonds. The summed E-state index contributed by atoms with van der Waals surface area (Å²) in [6, 6.07) is 2.71. The van der Waals surface area contributed by atoms with Crippen LogP contribution in [0.5, 0.6) is 0 Å². The molecule has 1 rings (SSSR count). The number of carboxylic acids is 1. The van der Waals surface area contributed by atoms with Crippen molar-refractivity contribution in [3.05, 3.63) is 33.8 Å². The van der Waals surface area contributed by atoms with Crippen molar-refractivity contribution in [2.24, 2.45) is 0 Å². The third-order valence-corrected chi connectivity index (χ3v) is 1.96. The van der Waals surface area contributed by atoms with E-state index in [0.29, 0.717) is 6.07 Å². The highest BCUT2D eigenvalue weighted by molar-refractivity contribution is 6.31. The summed E-state index contributed by atoms with van der Waals surface area (Å²) >= 11 is 5.41. The number of hydrogen-bond acceptors (Lipinski definition) is 2. The minimum absolute atomic E-state index is 0.234. The smallest absolute Gasteiger partial charge is 0.418 e. The quantitative estimate of drug-likeness (QED) is 0.832. The fourth-order valence-corrected chi connectivity index (χ4v) is 1.39. The van der Waals surface area contributed by atoms with E-state index in [1.54, 1.807) is 0 Å². The fraction of sp³-hybridized carbons (Fsp3) is 0.111. The summed E-state index contributed by atoms with van der Waals surface area (Å²) in [5.41, 5.74) is -3.32. The van der Waals surface area contributed by atoms with Crippen LogP contribution in [-0.4, -0.2) is 11.1 Å². The Morgan fingerprint density at radius 2 is 2.00 bits per heavy atom. The van der Waals surface area contributed by atoms with Gasteiger partial charge < -0.3 is 5.11 Å². The molecule has 1 N–H and O–H groups in total. The van der Waals surface area contributed by atoms with Crippen LogP contribution < -0.4 is 0 Å². The number of halogens is 4. The number of alkyl halides is 3. The Kier molecular flexibility index (Phi) is 3.10. The molecule has 0 atom stereocenters. The zero-order valence-electron chi connectivity index (χ0n) is 7.47. The second-order valence-corrected chi connectivity index (χ2v) is 3.23. The molecule has 0 radical (unpaired) electrons. The van der Waals surface area contributed by atoms with Crippen molar-refractivity contribution < 1.29 is 23.1 Å². The van der Waals surface area contributed by atoms with E-state index < -0.39 is 28.8 Å². The van der Waals surface area contributed by atoms with Crippen molar-refractivity contribution in [3.63, 3.8) is 0 Å². The van der Waals surface area contributed by atoms with Gasteiger partial charge in [-0.05, 0) is 12.1 Å². The molecule has 0 saturated heterocycles. The summed E-state index contributed by atoms with van der Waals surface area (Å²) in [6.45, 7) is 0. The van der Waals surface area contributed by atoms with E-state index in [9.17, 15) is 18.0 Å². The van der Waals surface area contributed by atoms with Gasteiger partial charge in [-0.1, -0.05) is 11.6 Å². The molecule has 84 valence electrons. The lowest BCUT2D eigenvalue weighted by Crippen LogP contribution is -2.15. The Balaban J connectivity index is 3.67. The van der Waals surface area contributed by atoms with E-state index >= 15 is 0 Å². The molecule has 0 heterocycles. The average molecular weight is 250 g/mol. The maximum atomic E-state index is 12.5. The molecule has 0 aliphatic heterocycles. The number of nitriles is 1. The van der Waals surface area contributed by atoms with Crippen LogP contribution in [0, 0.1) is 11.3 Å². The van der Waals surface area contributed by atoms with E-state index in [4.69, 9.17) is 22.0 Å². The minimum Gasteiger partial charge on any atom is -0.478 e. The molecule has 0 spiro atoms. The van der Waals surface area contributed by atoms with Crippen LogP contribution in [0.2, 0.25) is 5.02 Å². The van der Waals surface area contributed by atoms with Crippen molar-refractivity contribution in [1.82, 2.24) is 0 Å². The number of carbonyl (C=O) groups is 1. The van der Waals surface area contributed by atoms with Crippen LogP contribution in [-0.2, 0) is 6.18 Å². The summed E-state index contributed by atoms with van der Waals surface area (Å²) in [7, 11) is 0. The van der Waals surface area contributed by atoms with Gasteiger partial charge in [0.2, 0.25) is 0 Å². The Labute approximate surface area is 92.7 Å². The monoisotopic (exact) mass is 249 g/mol. The largest absolute Gasteiger partial charge is 0.478 e. The molecule has 1 aromatic rings. The Hall–Kier alpha value is -1.74. The van der Waals surface area contributed by atoms with Gasteiger partial charge in [-0.2, -0.15) is 18.4 Å². The highest BCUT2D eigenvalue weighted by atomic mass is 35.5. The third-order valence-electron chi connectivity index (χ3n) is 1.74. The maximum Gasteiger partial charge on any atom is 0.418 e. The number of benzene rings is 1. The van der Waals surface area contributed by atoms with Gasteiger partial charge in [-0.15, -0.1) is 0 Å². The number of aromatic carboxylic acids is 1. The van der Waals surface area contributed by atoms with E-state index in [2.05, 4.69) is 0 Å². The summed E-state index contributed by atoms with van der Waals surface area (Å²) < 4.78 is 37.6.